The zero-order valence-corrected chi connectivity index (χ0v) is 10.4. The van der Waals surface area contributed by atoms with Crippen LogP contribution in [0.3, 0.4) is 0 Å². The van der Waals surface area contributed by atoms with Crippen LogP contribution in [0, 0.1) is 0 Å². The van der Waals surface area contributed by atoms with E-state index in [0.29, 0.717) is 0 Å². The van der Waals surface area contributed by atoms with E-state index in [1.165, 1.54) is 0 Å². The van der Waals surface area contributed by atoms with E-state index in [2.05, 4.69) is 5.16 Å². The Bertz CT molecular complexity index is 411. The van der Waals surface area contributed by atoms with E-state index in [9.17, 15) is 0 Å². The maximum absolute atomic E-state index is 8.65. The van der Waals surface area contributed by atoms with E-state index in [1.54, 1.807) is 23.1 Å². The fraction of sp³-hybridized carbons (Fsp3) is 0.364. The maximum Gasteiger partial charge on any atom is 0.177 e. The average molecular weight is 255 g/mol. The van der Waals surface area contributed by atoms with E-state index in [4.69, 9.17) is 9.63 Å². The molecule has 0 saturated heterocycles. The average Bonchev–Trinajstić information content (AvgIpc) is 2.94. The van der Waals surface area contributed by atoms with Crippen LogP contribution in [0.4, 0.5) is 0 Å². The van der Waals surface area contributed by atoms with Crippen LogP contribution in [0.25, 0.3) is 10.6 Å². The number of aliphatic hydroxyl groups excluding tert-OH is 1. The highest BCUT2D eigenvalue weighted by Crippen LogP contribution is 2.26. The standard InChI is InChI=1S/C11H13NO2S2/c13-4-2-5-15-8-9-7-10(14-12-9)11-3-1-6-16-11/h1,3,6-7,13H,2,4-5,8H2. The molecule has 1 N–H and O–H groups in total. The van der Waals surface area contributed by atoms with Gasteiger partial charge >= 0.3 is 0 Å². The van der Waals surface area contributed by atoms with Crippen molar-refractivity contribution in [2.24, 2.45) is 0 Å². The highest BCUT2D eigenvalue weighted by molar-refractivity contribution is 7.98. The molecule has 16 heavy (non-hydrogen) atoms. The fourth-order valence-corrected chi connectivity index (χ4v) is 2.75. The van der Waals surface area contributed by atoms with Crippen LogP contribution in [-0.4, -0.2) is 22.6 Å². The lowest BCUT2D eigenvalue weighted by Gasteiger charge is -1.94. The van der Waals surface area contributed by atoms with Gasteiger partial charge in [-0.25, -0.2) is 0 Å². The zero-order chi connectivity index (χ0) is 11.2. The summed E-state index contributed by atoms with van der Waals surface area (Å²) >= 11 is 3.41. The zero-order valence-electron chi connectivity index (χ0n) is 8.76. The Labute approximate surface area is 102 Å². The van der Waals surface area contributed by atoms with Crippen molar-refractivity contribution in [3.8, 4) is 10.6 Å². The number of hydrogen-bond donors (Lipinski definition) is 1. The first kappa shape index (κ1) is 11.7. The summed E-state index contributed by atoms with van der Waals surface area (Å²) in [6.45, 7) is 0.256. The van der Waals surface area contributed by atoms with E-state index in [1.807, 2.05) is 23.6 Å². The molecule has 0 aliphatic heterocycles. The molecule has 2 heterocycles. The van der Waals surface area contributed by atoms with Gasteiger partial charge in [0, 0.05) is 18.4 Å². The minimum atomic E-state index is 0.256. The summed E-state index contributed by atoms with van der Waals surface area (Å²) in [6, 6.07) is 6.00. The summed E-state index contributed by atoms with van der Waals surface area (Å²) in [5.74, 6) is 2.64. The van der Waals surface area contributed by atoms with Crippen LogP contribution in [0.2, 0.25) is 0 Å². The van der Waals surface area contributed by atoms with Gasteiger partial charge in [-0.2, -0.15) is 11.8 Å². The molecule has 0 aliphatic rings. The van der Waals surface area contributed by atoms with Crippen molar-refractivity contribution in [3.05, 3.63) is 29.3 Å². The molecule has 2 rings (SSSR count). The smallest absolute Gasteiger partial charge is 0.177 e. The van der Waals surface area contributed by atoms with Crippen LogP contribution in [0.15, 0.2) is 28.1 Å². The number of thioether (sulfide) groups is 1. The lowest BCUT2D eigenvalue weighted by Crippen LogP contribution is -1.87. The minimum absolute atomic E-state index is 0.256. The Morgan fingerprint density at radius 3 is 3.19 bits per heavy atom. The van der Waals surface area contributed by atoms with Gasteiger partial charge in [0.05, 0.1) is 10.6 Å². The number of aliphatic hydroxyl groups is 1. The molecule has 0 unspecified atom stereocenters. The molecule has 0 aliphatic carbocycles. The van der Waals surface area contributed by atoms with E-state index in [-0.39, 0.29) is 6.61 Å². The normalized spacial score (nSPS) is 10.8. The van der Waals surface area contributed by atoms with Crippen molar-refractivity contribution in [3.63, 3.8) is 0 Å². The summed E-state index contributed by atoms with van der Waals surface area (Å²) in [5, 5.41) is 14.7. The number of hydrogen-bond acceptors (Lipinski definition) is 5. The van der Waals surface area contributed by atoms with Crippen molar-refractivity contribution in [1.29, 1.82) is 0 Å². The van der Waals surface area contributed by atoms with E-state index >= 15 is 0 Å². The SMILES string of the molecule is OCCCSCc1cc(-c2cccs2)on1. The molecule has 0 amide bonds. The van der Waals surface area contributed by atoms with Crippen molar-refractivity contribution >= 4 is 23.1 Å². The lowest BCUT2D eigenvalue weighted by molar-refractivity contribution is 0.296. The molecular weight excluding hydrogens is 242 g/mol. The molecule has 2 aromatic rings. The monoisotopic (exact) mass is 255 g/mol. The summed E-state index contributed by atoms with van der Waals surface area (Å²) in [4.78, 5) is 1.11. The van der Waals surface area contributed by atoms with Crippen LogP contribution in [0.5, 0.6) is 0 Å². The number of nitrogens with zero attached hydrogens (tertiary/aromatic N) is 1. The molecule has 0 bridgehead atoms. The number of thiophene rings is 1. The quantitative estimate of drug-likeness (QED) is 0.806. The van der Waals surface area contributed by atoms with Gasteiger partial charge in [-0.05, 0) is 23.6 Å². The van der Waals surface area contributed by atoms with Gasteiger partial charge in [0.1, 0.15) is 0 Å². The Balaban J connectivity index is 1.88. The third kappa shape index (κ3) is 3.10. The second-order valence-electron chi connectivity index (χ2n) is 3.29. The van der Waals surface area contributed by atoms with Gasteiger partial charge in [0.2, 0.25) is 0 Å². The molecule has 0 spiro atoms. The van der Waals surface area contributed by atoms with Crippen molar-refractivity contribution in [2.75, 3.05) is 12.4 Å². The molecule has 3 nitrogen and oxygen atoms in total. The molecule has 0 aromatic carbocycles. The van der Waals surface area contributed by atoms with E-state index in [0.717, 1.165) is 34.3 Å². The van der Waals surface area contributed by atoms with E-state index < -0.39 is 0 Å². The van der Waals surface area contributed by atoms with Gasteiger partial charge in [0.25, 0.3) is 0 Å². The molecule has 0 saturated carbocycles. The Kier molecular flexibility index (Phi) is 4.44. The van der Waals surface area contributed by atoms with Crippen molar-refractivity contribution in [1.82, 2.24) is 5.16 Å². The molecule has 86 valence electrons. The second-order valence-corrected chi connectivity index (χ2v) is 5.34. The van der Waals surface area contributed by atoms with Gasteiger partial charge in [-0.3, -0.25) is 0 Å². The predicted molar refractivity (Wildman–Crippen MR) is 67.7 cm³/mol. The van der Waals surface area contributed by atoms with Gasteiger partial charge in [-0.1, -0.05) is 11.2 Å². The largest absolute Gasteiger partial charge is 0.396 e. The molecular formula is C11H13NO2S2. The second kappa shape index (κ2) is 6.08. The first-order valence-corrected chi connectivity index (χ1v) is 7.11. The highest BCUT2D eigenvalue weighted by atomic mass is 32.2. The number of aromatic nitrogens is 1. The Morgan fingerprint density at radius 1 is 1.50 bits per heavy atom. The third-order valence-electron chi connectivity index (χ3n) is 2.02. The Hall–Kier alpha value is -0.780. The first-order chi connectivity index (χ1) is 7.90. The fourth-order valence-electron chi connectivity index (χ4n) is 1.26. The molecule has 0 atom stereocenters. The molecule has 5 heteroatoms. The summed E-state index contributed by atoms with van der Waals surface area (Å²) < 4.78 is 5.26. The van der Waals surface area contributed by atoms with Crippen molar-refractivity contribution < 1.29 is 9.63 Å². The highest BCUT2D eigenvalue weighted by Gasteiger charge is 2.07. The summed E-state index contributed by atoms with van der Waals surface area (Å²) in [6.07, 6.45) is 0.834. The van der Waals surface area contributed by atoms with Gasteiger partial charge in [-0.15, -0.1) is 11.3 Å². The third-order valence-corrected chi connectivity index (χ3v) is 3.98. The summed E-state index contributed by atoms with van der Waals surface area (Å²) in [7, 11) is 0. The van der Waals surface area contributed by atoms with Crippen LogP contribution >= 0.6 is 23.1 Å². The van der Waals surface area contributed by atoms with Crippen LogP contribution < -0.4 is 0 Å². The van der Waals surface area contributed by atoms with Crippen LogP contribution in [-0.2, 0) is 5.75 Å². The van der Waals surface area contributed by atoms with Crippen molar-refractivity contribution in [2.45, 2.75) is 12.2 Å². The Morgan fingerprint density at radius 2 is 2.44 bits per heavy atom. The maximum atomic E-state index is 8.65. The lowest BCUT2D eigenvalue weighted by atomic mass is 10.3. The van der Waals surface area contributed by atoms with Gasteiger partial charge < -0.3 is 9.63 Å². The predicted octanol–water partition coefficient (Wildman–Crippen LogP) is 3.02. The minimum Gasteiger partial charge on any atom is -0.396 e. The number of rotatable bonds is 6. The topological polar surface area (TPSA) is 46.3 Å². The summed E-state index contributed by atoms with van der Waals surface area (Å²) in [5.41, 5.74) is 0.964. The van der Waals surface area contributed by atoms with Crippen LogP contribution in [0.1, 0.15) is 12.1 Å². The molecule has 2 aromatic heterocycles. The van der Waals surface area contributed by atoms with Gasteiger partial charge in [0.15, 0.2) is 5.76 Å². The molecule has 0 fully saturated rings. The molecule has 0 radical (unpaired) electrons. The first-order valence-electron chi connectivity index (χ1n) is 5.08.